The Balaban J connectivity index is 1.68. The molecule has 1 aromatic carbocycles. The monoisotopic (exact) mass is 302 g/mol. The highest BCUT2D eigenvalue weighted by Gasteiger charge is 2.07. The fourth-order valence-electron chi connectivity index (χ4n) is 1.94. The van der Waals surface area contributed by atoms with E-state index >= 15 is 0 Å². The number of hydrogen-bond acceptors (Lipinski definition) is 3. The first-order chi connectivity index (χ1) is 10.5. The summed E-state index contributed by atoms with van der Waals surface area (Å²) in [6, 6.07) is 7.62. The molecular weight excluding hydrogens is 280 g/mol. The fraction of sp³-hybridized carbons (Fsp3) is 0.375. The fourth-order valence-corrected chi connectivity index (χ4v) is 1.94. The van der Waals surface area contributed by atoms with Crippen molar-refractivity contribution in [2.24, 2.45) is 7.05 Å². The van der Waals surface area contributed by atoms with Gasteiger partial charge in [0, 0.05) is 25.4 Å². The summed E-state index contributed by atoms with van der Waals surface area (Å²) >= 11 is 0. The highest BCUT2D eigenvalue weighted by atomic mass is 16.5. The summed E-state index contributed by atoms with van der Waals surface area (Å²) in [6.45, 7) is 4.84. The normalized spacial score (nSPS) is 11.8. The number of nitrogens with one attached hydrogen (secondary N) is 2. The van der Waals surface area contributed by atoms with Crippen molar-refractivity contribution in [1.29, 1.82) is 0 Å². The molecule has 0 bridgehead atoms. The summed E-state index contributed by atoms with van der Waals surface area (Å²) in [7, 11) is 1.84. The van der Waals surface area contributed by atoms with E-state index in [-0.39, 0.29) is 12.1 Å². The molecule has 2 amide bonds. The molecule has 0 aliphatic heterocycles. The van der Waals surface area contributed by atoms with Crippen molar-refractivity contribution in [2.45, 2.75) is 26.5 Å². The molecule has 0 fully saturated rings. The van der Waals surface area contributed by atoms with Crippen LogP contribution in [0.4, 0.5) is 4.79 Å². The van der Waals surface area contributed by atoms with Crippen molar-refractivity contribution >= 4 is 6.03 Å². The number of amides is 2. The van der Waals surface area contributed by atoms with Crippen LogP contribution in [0.1, 0.15) is 18.1 Å². The number of ether oxygens (including phenoxy) is 1. The Kier molecular flexibility index (Phi) is 5.41. The lowest BCUT2D eigenvalue weighted by molar-refractivity contribution is 0.207. The maximum Gasteiger partial charge on any atom is 0.315 e. The van der Waals surface area contributed by atoms with Gasteiger partial charge in [-0.3, -0.25) is 4.68 Å². The van der Waals surface area contributed by atoms with Crippen LogP contribution in [-0.4, -0.2) is 28.5 Å². The Hall–Kier alpha value is -2.50. The predicted molar refractivity (Wildman–Crippen MR) is 84.7 cm³/mol. The van der Waals surface area contributed by atoms with Crippen molar-refractivity contribution < 1.29 is 9.53 Å². The molecule has 22 heavy (non-hydrogen) atoms. The molecule has 2 N–H and O–H groups in total. The number of urea groups is 1. The van der Waals surface area contributed by atoms with E-state index in [0.717, 1.165) is 11.3 Å². The second-order valence-electron chi connectivity index (χ2n) is 5.33. The molecule has 0 aliphatic rings. The average molecular weight is 302 g/mol. The largest absolute Gasteiger partial charge is 0.489 e. The minimum absolute atomic E-state index is 0.105. The second kappa shape index (κ2) is 7.49. The van der Waals surface area contributed by atoms with Gasteiger partial charge in [-0.25, -0.2) is 4.79 Å². The molecule has 6 nitrogen and oxygen atoms in total. The molecule has 118 valence electrons. The molecule has 1 heterocycles. The maximum atomic E-state index is 11.7. The third-order valence-corrected chi connectivity index (χ3v) is 3.12. The topological polar surface area (TPSA) is 68.2 Å². The molecule has 0 spiro atoms. The zero-order chi connectivity index (χ0) is 15.9. The van der Waals surface area contributed by atoms with Gasteiger partial charge in [0.15, 0.2) is 0 Å². The summed E-state index contributed by atoms with van der Waals surface area (Å²) in [4.78, 5) is 11.7. The maximum absolute atomic E-state index is 11.7. The van der Waals surface area contributed by atoms with Crippen LogP contribution in [0.15, 0.2) is 36.7 Å². The van der Waals surface area contributed by atoms with Gasteiger partial charge in [0.05, 0.1) is 12.7 Å². The van der Waals surface area contributed by atoms with Crippen LogP contribution in [0.2, 0.25) is 0 Å². The van der Waals surface area contributed by atoms with Crippen LogP contribution in [0.5, 0.6) is 5.75 Å². The SMILES string of the molecule is Cc1ccc(O[C@H](C)CNC(=O)NCc2cnn(C)c2)cc1. The highest BCUT2D eigenvalue weighted by Crippen LogP contribution is 2.12. The summed E-state index contributed by atoms with van der Waals surface area (Å²) in [5.41, 5.74) is 2.15. The minimum atomic E-state index is -0.219. The van der Waals surface area contributed by atoms with Gasteiger partial charge in [-0.15, -0.1) is 0 Å². The lowest BCUT2D eigenvalue weighted by Crippen LogP contribution is -2.40. The van der Waals surface area contributed by atoms with Gasteiger partial charge in [0.2, 0.25) is 0 Å². The van der Waals surface area contributed by atoms with Crippen molar-refractivity contribution in [1.82, 2.24) is 20.4 Å². The van der Waals surface area contributed by atoms with Crippen LogP contribution >= 0.6 is 0 Å². The number of aryl methyl sites for hydroxylation is 2. The number of aromatic nitrogens is 2. The van der Waals surface area contributed by atoms with Gasteiger partial charge in [-0.1, -0.05) is 17.7 Å². The molecule has 0 unspecified atom stereocenters. The van der Waals surface area contributed by atoms with Crippen LogP contribution in [0.3, 0.4) is 0 Å². The Labute approximate surface area is 130 Å². The summed E-state index contributed by atoms with van der Waals surface area (Å²) in [6.07, 6.45) is 3.49. The number of nitrogens with zero attached hydrogens (tertiary/aromatic N) is 2. The summed E-state index contributed by atoms with van der Waals surface area (Å²) in [5.74, 6) is 0.802. The smallest absolute Gasteiger partial charge is 0.315 e. The Morgan fingerprint density at radius 1 is 1.32 bits per heavy atom. The van der Waals surface area contributed by atoms with E-state index in [1.54, 1.807) is 10.9 Å². The molecule has 1 atom stereocenters. The standard InChI is InChI=1S/C16H22N4O2/c1-12-4-6-15(7-5-12)22-13(2)8-17-16(21)18-9-14-10-19-20(3)11-14/h4-7,10-11,13H,8-9H2,1-3H3,(H2,17,18,21)/t13-/m1/s1. The molecule has 6 heteroatoms. The minimum Gasteiger partial charge on any atom is -0.489 e. The molecule has 0 aliphatic carbocycles. The predicted octanol–water partition coefficient (Wildman–Crippen LogP) is 2.00. The van der Waals surface area contributed by atoms with E-state index in [1.165, 1.54) is 5.56 Å². The van der Waals surface area contributed by atoms with Crippen molar-refractivity contribution in [3.8, 4) is 5.75 Å². The van der Waals surface area contributed by atoms with E-state index in [0.29, 0.717) is 13.1 Å². The third-order valence-electron chi connectivity index (χ3n) is 3.12. The number of rotatable bonds is 6. The number of hydrogen-bond donors (Lipinski definition) is 2. The lowest BCUT2D eigenvalue weighted by Gasteiger charge is -2.15. The van der Waals surface area contributed by atoms with Crippen LogP contribution in [0, 0.1) is 6.92 Å². The molecule has 2 aromatic rings. The first kappa shape index (κ1) is 15.9. The van der Waals surface area contributed by atoms with Gasteiger partial charge in [0.1, 0.15) is 11.9 Å². The summed E-state index contributed by atoms with van der Waals surface area (Å²) < 4.78 is 7.43. The van der Waals surface area contributed by atoms with Crippen LogP contribution in [-0.2, 0) is 13.6 Å². The molecule has 1 aromatic heterocycles. The molecule has 0 saturated heterocycles. The lowest BCUT2D eigenvalue weighted by atomic mass is 10.2. The van der Waals surface area contributed by atoms with Crippen LogP contribution < -0.4 is 15.4 Å². The Morgan fingerprint density at radius 3 is 2.68 bits per heavy atom. The van der Waals surface area contributed by atoms with Crippen molar-refractivity contribution in [3.05, 3.63) is 47.8 Å². The van der Waals surface area contributed by atoms with Crippen LogP contribution in [0.25, 0.3) is 0 Å². The first-order valence-corrected chi connectivity index (χ1v) is 7.25. The molecule has 0 saturated carbocycles. The van der Waals surface area contributed by atoms with Gasteiger partial charge < -0.3 is 15.4 Å². The average Bonchev–Trinajstić information content (AvgIpc) is 2.91. The van der Waals surface area contributed by atoms with E-state index in [4.69, 9.17) is 4.74 Å². The third kappa shape index (κ3) is 5.12. The quantitative estimate of drug-likeness (QED) is 0.857. The first-order valence-electron chi connectivity index (χ1n) is 7.25. The number of benzene rings is 1. The summed E-state index contributed by atoms with van der Waals surface area (Å²) in [5, 5.41) is 9.62. The number of carbonyl (C=O) groups is 1. The Bertz CT molecular complexity index is 607. The van der Waals surface area contributed by atoms with E-state index < -0.39 is 0 Å². The highest BCUT2D eigenvalue weighted by molar-refractivity contribution is 5.73. The van der Waals surface area contributed by atoms with Gasteiger partial charge in [0.25, 0.3) is 0 Å². The second-order valence-corrected chi connectivity index (χ2v) is 5.33. The molecular formula is C16H22N4O2. The Morgan fingerprint density at radius 2 is 2.05 bits per heavy atom. The zero-order valence-corrected chi connectivity index (χ0v) is 13.2. The van der Waals surface area contributed by atoms with Gasteiger partial charge in [-0.05, 0) is 26.0 Å². The van der Waals surface area contributed by atoms with Crippen molar-refractivity contribution in [3.63, 3.8) is 0 Å². The molecule has 2 rings (SSSR count). The van der Waals surface area contributed by atoms with E-state index in [9.17, 15) is 4.79 Å². The van der Waals surface area contributed by atoms with Crippen molar-refractivity contribution in [2.75, 3.05) is 6.54 Å². The van der Waals surface area contributed by atoms with Gasteiger partial charge in [-0.2, -0.15) is 5.10 Å². The van der Waals surface area contributed by atoms with E-state index in [1.807, 2.05) is 51.4 Å². The zero-order valence-electron chi connectivity index (χ0n) is 13.2. The van der Waals surface area contributed by atoms with E-state index in [2.05, 4.69) is 15.7 Å². The number of carbonyl (C=O) groups excluding carboxylic acids is 1. The van der Waals surface area contributed by atoms with Gasteiger partial charge >= 0.3 is 6.03 Å². The molecule has 0 radical (unpaired) electrons.